The van der Waals surface area contributed by atoms with Crippen LogP contribution in [0.25, 0.3) is 0 Å². The summed E-state index contributed by atoms with van der Waals surface area (Å²) in [4.78, 5) is 14.3. The van der Waals surface area contributed by atoms with Crippen LogP contribution in [-0.2, 0) is 11.2 Å². The summed E-state index contributed by atoms with van der Waals surface area (Å²) >= 11 is 0. The molecule has 4 nitrogen and oxygen atoms in total. The topological polar surface area (TPSA) is 41.6 Å². The fourth-order valence-electron chi connectivity index (χ4n) is 2.48. The van der Waals surface area contributed by atoms with Gasteiger partial charge in [0.15, 0.2) is 0 Å². The molecule has 0 aliphatic carbocycles. The summed E-state index contributed by atoms with van der Waals surface area (Å²) in [6.45, 7) is 0.589. The molecule has 122 valence electrons. The third kappa shape index (κ3) is 5.11. The van der Waals surface area contributed by atoms with Crippen LogP contribution in [-0.4, -0.2) is 38.6 Å². The van der Waals surface area contributed by atoms with E-state index < -0.39 is 0 Å². The van der Waals surface area contributed by atoms with Crippen molar-refractivity contribution in [1.29, 1.82) is 0 Å². The van der Waals surface area contributed by atoms with Gasteiger partial charge in [-0.25, -0.2) is 0 Å². The molecule has 2 rings (SSSR count). The van der Waals surface area contributed by atoms with Gasteiger partial charge in [-0.1, -0.05) is 42.5 Å². The normalized spacial score (nSPS) is 12.0. The Kier molecular flexibility index (Phi) is 6.18. The van der Waals surface area contributed by atoms with Crippen molar-refractivity contribution in [3.8, 4) is 5.75 Å². The Morgan fingerprint density at radius 2 is 1.74 bits per heavy atom. The fourth-order valence-corrected chi connectivity index (χ4v) is 2.48. The number of carbonyl (C=O) groups excluding carboxylic acids is 1. The van der Waals surface area contributed by atoms with Crippen molar-refractivity contribution in [2.75, 3.05) is 27.7 Å². The molecular weight excluding hydrogens is 288 g/mol. The van der Waals surface area contributed by atoms with Gasteiger partial charge in [0.2, 0.25) is 5.91 Å². The maximum atomic E-state index is 12.2. The number of methoxy groups -OCH3 is 1. The number of amides is 1. The van der Waals surface area contributed by atoms with E-state index in [4.69, 9.17) is 4.74 Å². The standard InChI is InChI=1S/C19H24N2O2/c1-21(2)18(16-7-5-4-6-8-16)14-20-19(22)13-15-9-11-17(23-3)12-10-15/h4-12,18H,13-14H2,1-3H3,(H,20,22). The highest BCUT2D eigenvalue weighted by atomic mass is 16.5. The Bertz CT molecular complexity index is 609. The number of nitrogens with one attached hydrogen (secondary N) is 1. The van der Waals surface area contributed by atoms with Crippen molar-refractivity contribution in [3.63, 3.8) is 0 Å². The largest absolute Gasteiger partial charge is 0.497 e. The number of rotatable bonds is 7. The Balaban J connectivity index is 1.91. The second kappa shape index (κ2) is 8.34. The van der Waals surface area contributed by atoms with Gasteiger partial charge in [-0.2, -0.15) is 0 Å². The molecule has 1 atom stereocenters. The van der Waals surface area contributed by atoms with Crippen LogP contribution in [0.5, 0.6) is 5.75 Å². The summed E-state index contributed by atoms with van der Waals surface area (Å²) in [6.07, 6.45) is 0.374. The molecule has 0 radical (unpaired) electrons. The monoisotopic (exact) mass is 312 g/mol. The van der Waals surface area contributed by atoms with Crippen LogP contribution < -0.4 is 10.1 Å². The van der Waals surface area contributed by atoms with Gasteiger partial charge in [0.1, 0.15) is 5.75 Å². The summed E-state index contributed by atoms with van der Waals surface area (Å²) in [7, 11) is 5.67. The highest BCUT2D eigenvalue weighted by molar-refractivity contribution is 5.78. The Morgan fingerprint density at radius 3 is 2.30 bits per heavy atom. The molecule has 0 aliphatic heterocycles. The van der Waals surface area contributed by atoms with Crippen LogP contribution in [0.3, 0.4) is 0 Å². The first-order valence-corrected chi connectivity index (χ1v) is 7.71. The van der Waals surface area contributed by atoms with Gasteiger partial charge in [-0.15, -0.1) is 0 Å². The number of likely N-dealkylation sites (N-methyl/N-ethyl adjacent to an activating group) is 1. The van der Waals surface area contributed by atoms with Gasteiger partial charge < -0.3 is 15.0 Å². The average molecular weight is 312 g/mol. The van der Waals surface area contributed by atoms with E-state index in [0.29, 0.717) is 13.0 Å². The maximum absolute atomic E-state index is 12.2. The number of nitrogens with zero attached hydrogens (tertiary/aromatic N) is 1. The van der Waals surface area contributed by atoms with E-state index in [1.807, 2.05) is 56.6 Å². The van der Waals surface area contributed by atoms with Gasteiger partial charge >= 0.3 is 0 Å². The number of benzene rings is 2. The zero-order chi connectivity index (χ0) is 16.7. The van der Waals surface area contributed by atoms with E-state index in [0.717, 1.165) is 11.3 Å². The lowest BCUT2D eigenvalue weighted by molar-refractivity contribution is -0.120. The van der Waals surface area contributed by atoms with E-state index in [1.54, 1.807) is 7.11 Å². The van der Waals surface area contributed by atoms with Crippen molar-refractivity contribution in [1.82, 2.24) is 10.2 Å². The predicted molar refractivity (Wildman–Crippen MR) is 92.6 cm³/mol. The minimum atomic E-state index is 0.0259. The first-order chi connectivity index (χ1) is 11.1. The van der Waals surface area contributed by atoms with Crippen LogP contribution in [0.4, 0.5) is 0 Å². The van der Waals surface area contributed by atoms with Crippen LogP contribution >= 0.6 is 0 Å². The lowest BCUT2D eigenvalue weighted by Gasteiger charge is -2.25. The Morgan fingerprint density at radius 1 is 1.09 bits per heavy atom. The minimum Gasteiger partial charge on any atom is -0.497 e. The zero-order valence-corrected chi connectivity index (χ0v) is 14.0. The minimum absolute atomic E-state index is 0.0259. The number of ether oxygens (including phenoxy) is 1. The molecule has 1 unspecified atom stereocenters. The zero-order valence-electron chi connectivity index (χ0n) is 14.0. The SMILES string of the molecule is COc1ccc(CC(=O)NCC(c2ccccc2)N(C)C)cc1. The molecule has 0 heterocycles. The molecule has 1 N–H and O–H groups in total. The molecule has 23 heavy (non-hydrogen) atoms. The fraction of sp³-hybridized carbons (Fsp3) is 0.316. The van der Waals surface area contributed by atoms with E-state index in [2.05, 4.69) is 22.3 Å². The number of hydrogen-bond donors (Lipinski definition) is 1. The van der Waals surface area contributed by atoms with Gasteiger partial charge in [-0.05, 0) is 37.4 Å². The van der Waals surface area contributed by atoms with Crippen LogP contribution in [0.1, 0.15) is 17.2 Å². The molecule has 0 spiro atoms. The van der Waals surface area contributed by atoms with Crippen LogP contribution in [0.2, 0.25) is 0 Å². The summed E-state index contributed by atoms with van der Waals surface area (Å²) in [6, 6.07) is 17.9. The molecule has 0 bridgehead atoms. The predicted octanol–water partition coefficient (Wildman–Crippen LogP) is 2.66. The van der Waals surface area contributed by atoms with Crippen LogP contribution in [0, 0.1) is 0 Å². The van der Waals surface area contributed by atoms with Gasteiger partial charge in [-0.3, -0.25) is 4.79 Å². The molecule has 0 aliphatic rings. The number of hydrogen-bond acceptors (Lipinski definition) is 3. The van der Waals surface area contributed by atoms with Crippen molar-refractivity contribution in [2.24, 2.45) is 0 Å². The van der Waals surface area contributed by atoms with Gasteiger partial charge in [0.05, 0.1) is 19.6 Å². The van der Waals surface area contributed by atoms with E-state index in [9.17, 15) is 4.79 Å². The molecule has 4 heteroatoms. The van der Waals surface area contributed by atoms with Gasteiger partial charge in [0.25, 0.3) is 0 Å². The van der Waals surface area contributed by atoms with Crippen LogP contribution in [0.15, 0.2) is 54.6 Å². The summed E-state index contributed by atoms with van der Waals surface area (Å²) in [5.41, 5.74) is 2.17. The second-order valence-corrected chi connectivity index (χ2v) is 5.72. The number of carbonyl (C=O) groups is 1. The molecule has 2 aromatic rings. The van der Waals surface area contributed by atoms with Crippen molar-refractivity contribution in [3.05, 3.63) is 65.7 Å². The van der Waals surface area contributed by atoms with Crippen molar-refractivity contribution >= 4 is 5.91 Å². The average Bonchev–Trinajstić information content (AvgIpc) is 2.56. The lowest BCUT2D eigenvalue weighted by atomic mass is 10.1. The first kappa shape index (κ1) is 17.0. The molecule has 2 aromatic carbocycles. The lowest BCUT2D eigenvalue weighted by Crippen LogP contribution is -2.35. The Labute approximate surface area is 138 Å². The molecular formula is C19H24N2O2. The molecule has 1 amide bonds. The Hall–Kier alpha value is -2.33. The van der Waals surface area contributed by atoms with E-state index in [1.165, 1.54) is 5.56 Å². The van der Waals surface area contributed by atoms with E-state index >= 15 is 0 Å². The third-order valence-corrected chi connectivity index (χ3v) is 3.82. The highest BCUT2D eigenvalue weighted by Crippen LogP contribution is 2.17. The molecule has 0 fully saturated rings. The van der Waals surface area contributed by atoms with Gasteiger partial charge in [0, 0.05) is 6.54 Å². The summed E-state index contributed by atoms with van der Waals surface area (Å²) < 4.78 is 5.12. The van der Waals surface area contributed by atoms with E-state index in [-0.39, 0.29) is 11.9 Å². The van der Waals surface area contributed by atoms with Crippen molar-refractivity contribution < 1.29 is 9.53 Å². The quantitative estimate of drug-likeness (QED) is 0.854. The summed E-state index contributed by atoms with van der Waals surface area (Å²) in [5.74, 6) is 0.823. The first-order valence-electron chi connectivity index (χ1n) is 7.71. The van der Waals surface area contributed by atoms with Crippen molar-refractivity contribution in [2.45, 2.75) is 12.5 Å². The highest BCUT2D eigenvalue weighted by Gasteiger charge is 2.15. The molecule has 0 aromatic heterocycles. The molecule has 0 saturated heterocycles. The maximum Gasteiger partial charge on any atom is 0.224 e. The second-order valence-electron chi connectivity index (χ2n) is 5.72. The third-order valence-electron chi connectivity index (χ3n) is 3.82. The smallest absolute Gasteiger partial charge is 0.224 e. The molecule has 0 saturated carbocycles. The summed E-state index contributed by atoms with van der Waals surface area (Å²) in [5, 5.41) is 3.03.